The number of nitrogens with zero attached hydrogens (tertiary/aromatic N) is 1. The van der Waals surface area contributed by atoms with Crippen LogP contribution in [0.5, 0.6) is 0 Å². The smallest absolute Gasteiger partial charge is 0.202 e. The van der Waals surface area contributed by atoms with Crippen molar-refractivity contribution in [2.24, 2.45) is 0 Å². The molecule has 0 aromatic rings. The molecule has 0 amide bonds. The van der Waals surface area contributed by atoms with E-state index in [-0.39, 0.29) is 12.4 Å². The third kappa shape index (κ3) is 14.9. The van der Waals surface area contributed by atoms with Crippen LogP contribution in [-0.4, -0.2) is 40.2 Å². The van der Waals surface area contributed by atoms with Gasteiger partial charge in [-0.15, -0.1) is 0 Å². The minimum absolute atomic E-state index is 0. The summed E-state index contributed by atoms with van der Waals surface area (Å²) in [5.74, 6) is 0. The zero-order chi connectivity index (χ0) is 26.5. The quantitative estimate of drug-likeness (QED) is 0.0722. The predicted molar refractivity (Wildman–Crippen MR) is 156 cm³/mol. The van der Waals surface area contributed by atoms with Crippen molar-refractivity contribution in [1.82, 2.24) is 0 Å². The second-order valence-electron chi connectivity index (χ2n) is 12.0. The van der Waals surface area contributed by atoms with E-state index in [2.05, 4.69) is 41.8 Å². The molecule has 4 heteroatoms. The Labute approximate surface area is 234 Å². The fraction of sp³-hybridized carbons (Fsp3) is 1.00. The Morgan fingerprint density at radius 1 is 0.417 bits per heavy atom. The van der Waals surface area contributed by atoms with Crippen molar-refractivity contribution in [3.63, 3.8) is 0 Å². The van der Waals surface area contributed by atoms with Crippen LogP contribution >= 0.6 is 0 Å². The maximum Gasteiger partial charge on any atom is 0.202 e. The molecule has 0 rings (SSSR count). The average Bonchev–Trinajstić information content (AvgIpc) is 2.85. The van der Waals surface area contributed by atoms with Gasteiger partial charge in [-0.3, -0.25) is 4.48 Å². The van der Waals surface area contributed by atoms with Gasteiger partial charge in [0.25, 0.3) is 0 Å². The van der Waals surface area contributed by atoms with Crippen LogP contribution in [0.1, 0.15) is 182 Å². The van der Waals surface area contributed by atoms with Crippen LogP contribution in [0.2, 0.25) is 0 Å². The average molecular weight is 534 g/mol. The molecule has 0 radical (unpaired) electrons. The molecule has 2 N–H and O–H groups in total. The molecule has 0 aliphatic carbocycles. The highest BCUT2D eigenvalue weighted by molar-refractivity contribution is 4.75. The summed E-state index contributed by atoms with van der Waals surface area (Å²) in [7, 11) is 4.14. The van der Waals surface area contributed by atoms with Crippen molar-refractivity contribution in [1.29, 1.82) is 0 Å². The molecule has 0 bridgehead atoms. The number of hydrogen-bond acceptors (Lipinski definition) is 2. The molecule has 3 nitrogen and oxygen atoms in total. The Morgan fingerprint density at radius 3 is 0.861 bits per heavy atom. The monoisotopic (exact) mass is 533 g/mol. The van der Waals surface area contributed by atoms with Gasteiger partial charge in [-0.05, 0) is 12.8 Å². The number of halogens is 1. The predicted octanol–water partition coefficient (Wildman–Crippen LogP) is 6.89. The van der Waals surface area contributed by atoms with Crippen LogP contribution in [0.25, 0.3) is 0 Å². The van der Waals surface area contributed by atoms with Gasteiger partial charge in [-0.2, -0.15) is 0 Å². The van der Waals surface area contributed by atoms with E-state index in [4.69, 9.17) is 0 Å². The Hall–Kier alpha value is 0.170. The Morgan fingerprint density at radius 2 is 0.639 bits per heavy atom. The van der Waals surface area contributed by atoms with Gasteiger partial charge in [-0.1, -0.05) is 143 Å². The Balaban J connectivity index is 0. The van der Waals surface area contributed by atoms with E-state index in [1.54, 1.807) is 0 Å². The summed E-state index contributed by atoms with van der Waals surface area (Å²) in [5.41, 5.74) is -1.72. The molecule has 0 aromatic carbocycles. The van der Waals surface area contributed by atoms with Crippen molar-refractivity contribution in [2.45, 2.75) is 193 Å². The normalized spacial score (nSPS) is 15.3. The number of quaternary nitrogens is 1. The van der Waals surface area contributed by atoms with Gasteiger partial charge in [0.1, 0.15) is 0 Å². The summed E-state index contributed by atoms with van der Waals surface area (Å²) in [5, 5.41) is 23.4. The number of aliphatic hydroxyl groups is 2. The molecule has 36 heavy (non-hydrogen) atoms. The molecule has 0 saturated heterocycles. The van der Waals surface area contributed by atoms with E-state index in [9.17, 15) is 10.2 Å². The fourth-order valence-corrected chi connectivity index (χ4v) is 5.88. The standard InChI is InChI=1S/C32H68NO2.ClH/c1-7-11-13-15-17-19-21-23-25-27-29-31(34,9-3)33(5,6)32(35,10-4)30-28-26-24-22-20-18-16-14-12-8-2;/h34-35H,7-30H2,1-6H3;1H/q+1;/p-1. The Bertz CT molecular complexity index is 433. The molecule has 0 fully saturated rings. The first-order chi connectivity index (χ1) is 16.7. The van der Waals surface area contributed by atoms with Crippen LogP contribution in [0.15, 0.2) is 0 Å². The number of rotatable bonds is 26. The molecule has 0 heterocycles. The van der Waals surface area contributed by atoms with E-state index >= 15 is 0 Å². The SMILES string of the molecule is CCCCCCCCCCCCC(O)(CC)[N+](C)(C)C(O)(CC)CCCCCCCCCCCC.[Cl-]. The van der Waals surface area contributed by atoms with E-state index in [1.807, 2.05) is 0 Å². The maximum absolute atomic E-state index is 11.7. The van der Waals surface area contributed by atoms with Crippen molar-refractivity contribution in [2.75, 3.05) is 14.1 Å². The third-order valence-corrected chi connectivity index (χ3v) is 9.08. The second kappa shape index (κ2) is 23.1. The third-order valence-electron chi connectivity index (χ3n) is 9.08. The highest BCUT2D eigenvalue weighted by atomic mass is 35.5. The number of hydrogen-bond donors (Lipinski definition) is 2. The van der Waals surface area contributed by atoms with Gasteiger partial charge in [-0.25, -0.2) is 0 Å². The molecule has 0 aromatic heterocycles. The molecular weight excluding hydrogens is 466 g/mol. The topological polar surface area (TPSA) is 40.5 Å². The second-order valence-corrected chi connectivity index (χ2v) is 12.0. The molecule has 0 aliphatic rings. The van der Waals surface area contributed by atoms with Gasteiger partial charge in [0, 0.05) is 25.7 Å². The van der Waals surface area contributed by atoms with Gasteiger partial charge in [0.2, 0.25) is 11.4 Å². The minimum Gasteiger partial charge on any atom is -1.00 e. The minimum atomic E-state index is -0.858. The summed E-state index contributed by atoms with van der Waals surface area (Å²) in [6.45, 7) is 8.73. The van der Waals surface area contributed by atoms with Gasteiger partial charge < -0.3 is 22.6 Å². The van der Waals surface area contributed by atoms with Crippen molar-refractivity contribution >= 4 is 0 Å². The summed E-state index contributed by atoms with van der Waals surface area (Å²) < 4.78 is 0.307. The van der Waals surface area contributed by atoms with Crippen LogP contribution in [-0.2, 0) is 0 Å². The first kappa shape index (κ1) is 38.3. The molecule has 220 valence electrons. The molecule has 0 saturated carbocycles. The summed E-state index contributed by atoms with van der Waals surface area (Å²) in [4.78, 5) is 0. The van der Waals surface area contributed by atoms with E-state index < -0.39 is 11.4 Å². The lowest BCUT2D eigenvalue weighted by Gasteiger charge is -2.54. The lowest BCUT2D eigenvalue weighted by Crippen LogP contribution is -3.00. The van der Waals surface area contributed by atoms with Gasteiger partial charge >= 0.3 is 0 Å². The molecule has 2 unspecified atom stereocenters. The summed E-state index contributed by atoms with van der Waals surface area (Å²) in [6, 6.07) is 0. The van der Waals surface area contributed by atoms with E-state index in [0.29, 0.717) is 17.3 Å². The lowest BCUT2D eigenvalue weighted by atomic mass is 9.90. The van der Waals surface area contributed by atoms with Crippen molar-refractivity contribution in [3.05, 3.63) is 0 Å². The summed E-state index contributed by atoms with van der Waals surface area (Å²) >= 11 is 0. The van der Waals surface area contributed by atoms with Crippen molar-refractivity contribution in [3.8, 4) is 0 Å². The highest BCUT2D eigenvalue weighted by Gasteiger charge is 2.54. The van der Waals surface area contributed by atoms with Crippen LogP contribution in [0.4, 0.5) is 0 Å². The first-order valence-electron chi connectivity index (χ1n) is 16.0. The van der Waals surface area contributed by atoms with Gasteiger partial charge in [0.15, 0.2) is 0 Å². The zero-order valence-corrected chi connectivity index (χ0v) is 26.4. The fourth-order valence-electron chi connectivity index (χ4n) is 5.88. The van der Waals surface area contributed by atoms with Crippen LogP contribution < -0.4 is 12.4 Å². The first-order valence-corrected chi connectivity index (χ1v) is 16.0. The molecule has 0 spiro atoms. The maximum atomic E-state index is 11.7. The van der Waals surface area contributed by atoms with E-state index in [0.717, 1.165) is 25.7 Å². The van der Waals surface area contributed by atoms with Gasteiger partial charge in [0.05, 0.1) is 14.1 Å². The number of unbranched alkanes of at least 4 members (excludes halogenated alkanes) is 18. The highest BCUT2D eigenvalue weighted by Crippen LogP contribution is 2.39. The largest absolute Gasteiger partial charge is 1.00 e. The summed E-state index contributed by atoms with van der Waals surface area (Å²) in [6.07, 6.45) is 29.1. The van der Waals surface area contributed by atoms with Crippen LogP contribution in [0.3, 0.4) is 0 Å². The Kier molecular flexibility index (Phi) is 24.6. The molecule has 2 atom stereocenters. The van der Waals surface area contributed by atoms with Crippen molar-refractivity contribution < 1.29 is 27.1 Å². The van der Waals surface area contributed by atoms with E-state index in [1.165, 1.54) is 116 Å². The molecular formula is C32H68ClNO2. The lowest BCUT2D eigenvalue weighted by molar-refractivity contribution is -1.03. The van der Waals surface area contributed by atoms with Crippen LogP contribution in [0, 0.1) is 0 Å². The molecule has 0 aliphatic heterocycles. The zero-order valence-electron chi connectivity index (χ0n) is 25.7.